The molecular weight excluding hydrogens is 500 g/mol. The van der Waals surface area contributed by atoms with E-state index >= 15 is 0 Å². The molecule has 1 aromatic rings. The minimum absolute atomic E-state index is 0. The summed E-state index contributed by atoms with van der Waals surface area (Å²) in [6.07, 6.45) is 1.10. The van der Waals surface area contributed by atoms with Gasteiger partial charge in [0.25, 0.3) is 0 Å². The Morgan fingerprint density at radius 3 is 2.83 bits per heavy atom. The van der Waals surface area contributed by atoms with Crippen LogP contribution in [0.15, 0.2) is 27.7 Å². The van der Waals surface area contributed by atoms with E-state index in [2.05, 4.69) is 31.6 Å². The molecule has 1 heterocycles. The number of rotatable bonds is 4. The van der Waals surface area contributed by atoms with Crippen molar-refractivity contribution in [2.45, 2.75) is 18.9 Å². The van der Waals surface area contributed by atoms with E-state index in [1.807, 2.05) is 0 Å². The number of aliphatic imine (C=N–C) groups is 1. The molecule has 0 aromatic heterocycles. The lowest BCUT2D eigenvalue weighted by Gasteiger charge is -2.16. The van der Waals surface area contributed by atoms with Crippen LogP contribution in [0.4, 0.5) is 4.39 Å². The van der Waals surface area contributed by atoms with Crippen LogP contribution in [0.1, 0.15) is 12.0 Å². The van der Waals surface area contributed by atoms with Gasteiger partial charge in [-0.25, -0.2) is 12.8 Å². The fourth-order valence-corrected chi connectivity index (χ4v) is 4.43. The third kappa shape index (κ3) is 6.54. The summed E-state index contributed by atoms with van der Waals surface area (Å²) < 4.78 is 37.3. The second-order valence-corrected chi connectivity index (χ2v) is 8.37. The summed E-state index contributed by atoms with van der Waals surface area (Å²) in [5.41, 5.74) is 0.612. The number of nitrogens with one attached hydrogen (secondary N) is 2. The molecule has 1 fully saturated rings. The summed E-state index contributed by atoms with van der Waals surface area (Å²) >= 11 is 3.32. The predicted octanol–water partition coefficient (Wildman–Crippen LogP) is 2.10. The van der Waals surface area contributed by atoms with Crippen molar-refractivity contribution in [1.82, 2.24) is 10.6 Å². The molecule has 0 spiro atoms. The third-order valence-corrected chi connectivity index (χ3v) is 5.75. The van der Waals surface area contributed by atoms with Crippen LogP contribution in [0, 0.1) is 5.82 Å². The molecule has 130 valence electrons. The van der Waals surface area contributed by atoms with Crippen LogP contribution in [0.3, 0.4) is 0 Å². The van der Waals surface area contributed by atoms with Gasteiger partial charge in [0.05, 0.1) is 11.5 Å². The lowest BCUT2D eigenvalue weighted by atomic mass is 10.1. The van der Waals surface area contributed by atoms with Crippen molar-refractivity contribution in [3.05, 3.63) is 34.1 Å². The van der Waals surface area contributed by atoms with Crippen molar-refractivity contribution in [2.24, 2.45) is 4.99 Å². The maximum Gasteiger partial charge on any atom is 0.191 e. The Kier molecular flexibility index (Phi) is 8.22. The van der Waals surface area contributed by atoms with Gasteiger partial charge in [-0.15, -0.1) is 24.0 Å². The molecule has 1 aliphatic rings. The van der Waals surface area contributed by atoms with E-state index in [1.165, 1.54) is 6.07 Å². The molecule has 1 unspecified atom stereocenters. The summed E-state index contributed by atoms with van der Waals surface area (Å²) in [5.74, 6) is 0.645. The van der Waals surface area contributed by atoms with E-state index in [4.69, 9.17) is 0 Å². The first kappa shape index (κ1) is 20.6. The largest absolute Gasteiger partial charge is 0.356 e. The normalized spacial score (nSPS) is 20.0. The average molecular weight is 520 g/mol. The van der Waals surface area contributed by atoms with E-state index in [0.29, 0.717) is 30.9 Å². The van der Waals surface area contributed by atoms with Gasteiger partial charge in [-0.05, 0) is 36.6 Å². The number of hydrogen-bond donors (Lipinski definition) is 2. The highest BCUT2D eigenvalue weighted by Crippen LogP contribution is 2.15. The molecule has 1 atom stereocenters. The molecule has 1 aromatic carbocycles. The Bertz CT molecular complexity index is 670. The first-order valence-corrected chi connectivity index (χ1v) is 9.62. The van der Waals surface area contributed by atoms with Crippen LogP contribution in [-0.2, 0) is 16.3 Å². The molecule has 0 radical (unpaired) electrons. The highest BCUT2D eigenvalue weighted by Gasteiger charge is 2.28. The average Bonchev–Trinajstić information content (AvgIpc) is 2.80. The van der Waals surface area contributed by atoms with Crippen molar-refractivity contribution in [2.75, 3.05) is 25.1 Å². The molecule has 0 amide bonds. The van der Waals surface area contributed by atoms with Crippen molar-refractivity contribution < 1.29 is 12.8 Å². The molecular formula is C14H20BrFIN3O2S. The van der Waals surface area contributed by atoms with Gasteiger partial charge in [-0.1, -0.05) is 15.9 Å². The Labute approximate surface area is 161 Å². The number of hydrogen-bond acceptors (Lipinski definition) is 3. The SMILES string of the molecule is CN=C(NCCc1cc(Br)ccc1F)NC1CCS(=O)(=O)C1.I. The topological polar surface area (TPSA) is 70.6 Å². The summed E-state index contributed by atoms with van der Waals surface area (Å²) in [7, 11) is -1.30. The van der Waals surface area contributed by atoms with Crippen LogP contribution in [-0.4, -0.2) is 45.5 Å². The first-order valence-electron chi connectivity index (χ1n) is 7.01. The molecule has 1 saturated heterocycles. The summed E-state index contributed by atoms with van der Waals surface area (Å²) in [6, 6.07) is 4.72. The summed E-state index contributed by atoms with van der Waals surface area (Å²) in [4.78, 5) is 4.07. The maximum atomic E-state index is 13.6. The smallest absolute Gasteiger partial charge is 0.191 e. The lowest BCUT2D eigenvalue weighted by Crippen LogP contribution is -2.44. The van der Waals surface area contributed by atoms with Crippen molar-refractivity contribution >= 4 is 55.7 Å². The van der Waals surface area contributed by atoms with E-state index < -0.39 is 9.84 Å². The highest BCUT2D eigenvalue weighted by atomic mass is 127. The minimum Gasteiger partial charge on any atom is -0.356 e. The number of nitrogens with zero attached hydrogens (tertiary/aromatic N) is 1. The van der Waals surface area contributed by atoms with Crippen LogP contribution in [0.25, 0.3) is 0 Å². The van der Waals surface area contributed by atoms with E-state index in [9.17, 15) is 12.8 Å². The van der Waals surface area contributed by atoms with Gasteiger partial charge in [0.1, 0.15) is 5.82 Å². The quantitative estimate of drug-likeness (QED) is 0.363. The molecule has 2 N–H and O–H groups in total. The van der Waals surface area contributed by atoms with Gasteiger partial charge in [-0.2, -0.15) is 0 Å². The zero-order chi connectivity index (χ0) is 16.2. The zero-order valence-electron chi connectivity index (χ0n) is 12.7. The molecule has 23 heavy (non-hydrogen) atoms. The van der Waals surface area contributed by atoms with Gasteiger partial charge in [-0.3, -0.25) is 4.99 Å². The molecule has 0 saturated carbocycles. The third-order valence-electron chi connectivity index (χ3n) is 3.49. The molecule has 1 aliphatic heterocycles. The second kappa shape index (κ2) is 9.16. The molecule has 5 nitrogen and oxygen atoms in total. The predicted molar refractivity (Wildman–Crippen MR) is 105 cm³/mol. The summed E-state index contributed by atoms with van der Waals surface area (Å²) in [6.45, 7) is 0.506. The van der Waals surface area contributed by atoms with E-state index in [0.717, 1.165) is 4.47 Å². The van der Waals surface area contributed by atoms with Crippen molar-refractivity contribution in [3.8, 4) is 0 Å². The molecule has 0 bridgehead atoms. The number of halogens is 3. The van der Waals surface area contributed by atoms with Crippen molar-refractivity contribution in [1.29, 1.82) is 0 Å². The molecule has 0 aliphatic carbocycles. The Morgan fingerprint density at radius 1 is 1.48 bits per heavy atom. The second-order valence-electron chi connectivity index (χ2n) is 5.23. The first-order chi connectivity index (χ1) is 10.4. The Balaban J connectivity index is 0.00000264. The maximum absolute atomic E-state index is 13.6. The lowest BCUT2D eigenvalue weighted by molar-refractivity contribution is 0.598. The van der Waals surface area contributed by atoms with Crippen LogP contribution >= 0.6 is 39.9 Å². The number of benzene rings is 1. The van der Waals surface area contributed by atoms with Gasteiger partial charge < -0.3 is 10.6 Å². The Hall–Kier alpha value is -0.420. The Morgan fingerprint density at radius 2 is 2.22 bits per heavy atom. The summed E-state index contributed by atoms with van der Waals surface area (Å²) in [5, 5.41) is 6.17. The van der Waals surface area contributed by atoms with Crippen LogP contribution < -0.4 is 10.6 Å². The molecule has 9 heteroatoms. The van der Waals surface area contributed by atoms with Crippen LogP contribution in [0.5, 0.6) is 0 Å². The van der Waals surface area contributed by atoms with Gasteiger partial charge in [0.15, 0.2) is 15.8 Å². The van der Waals surface area contributed by atoms with Crippen molar-refractivity contribution in [3.63, 3.8) is 0 Å². The standard InChI is InChI=1S/C14H19BrFN3O2S.HI/c1-17-14(19-12-5-7-22(20,21)9-12)18-6-4-10-8-11(15)2-3-13(10)16;/h2-3,8,12H,4-7,9H2,1H3,(H2,17,18,19);1H. The molecule has 2 rings (SSSR count). The number of guanidine groups is 1. The minimum atomic E-state index is -2.92. The van der Waals surface area contributed by atoms with E-state index in [1.54, 1.807) is 19.2 Å². The monoisotopic (exact) mass is 519 g/mol. The van der Waals surface area contributed by atoms with Gasteiger partial charge in [0.2, 0.25) is 0 Å². The fraction of sp³-hybridized carbons (Fsp3) is 0.500. The fourth-order valence-electron chi connectivity index (χ4n) is 2.35. The van der Waals surface area contributed by atoms with Crippen LogP contribution in [0.2, 0.25) is 0 Å². The zero-order valence-corrected chi connectivity index (χ0v) is 17.4. The van der Waals surface area contributed by atoms with Gasteiger partial charge >= 0.3 is 0 Å². The van der Waals surface area contributed by atoms with Gasteiger partial charge in [0, 0.05) is 24.1 Å². The number of sulfone groups is 1. The highest BCUT2D eigenvalue weighted by molar-refractivity contribution is 14.0. The van der Waals surface area contributed by atoms with E-state index in [-0.39, 0.29) is 47.3 Å².